The van der Waals surface area contributed by atoms with Gasteiger partial charge in [-0.05, 0) is 36.5 Å². The highest BCUT2D eigenvalue weighted by atomic mass is 16.3. The second-order valence-electron chi connectivity index (χ2n) is 8.06. The van der Waals surface area contributed by atoms with E-state index in [1.54, 1.807) is 11.0 Å². The van der Waals surface area contributed by atoms with Crippen molar-refractivity contribution in [1.82, 2.24) is 9.88 Å². The molecule has 1 aromatic heterocycles. The number of nitrogens with zero attached hydrogens (tertiary/aromatic N) is 3. The average Bonchev–Trinajstić information content (AvgIpc) is 3.10. The number of aromatic nitrogens is 1. The second-order valence-corrected chi connectivity index (χ2v) is 8.06. The first-order valence-electron chi connectivity index (χ1n) is 9.85. The van der Waals surface area contributed by atoms with Crippen LogP contribution >= 0.6 is 0 Å². The number of hydrogen-bond donors (Lipinski definition) is 2. The molecule has 3 heterocycles. The van der Waals surface area contributed by atoms with Crippen molar-refractivity contribution in [2.24, 2.45) is 5.41 Å². The van der Waals surface area contributed by atoms with Crippen LogP contribution in [0.3, 0.4) is 0 Å². The van der Waals surface area contributed by atoms with Crippen LogP contribution in [0.1, 0.15) is 28.0 Å². The summed E-state index contributed by atoms with van der Waals surface area (Å²) in [4.78, 5) is 21.5. The minimum Gasteiger partial charge on any atom is -0.396 e. The lowest BCUT2D eigenvalue weighted by molar-refractivity contribution is -0.0669. The summed E-state index contributed by atoms with van der Waals surface area (Å²) in [5, 5.41) is 20.9. The number of benzene rings is 1. The Morgan fingerprint density at radius 2 is 2.00 bits per heavy atom. The van der Waals surface area contributed by atoms with Crippen molar-refractivity contribution in [3.05, 3.63) is 59.3 Å². The first-order chi connectivity index (χ1) is 13.5. The minimum absolute atomic E-state index is 0.138. The maximum Gasteiger partial charge on any atom is 0.272 e. The molecule has 1 saturated heterocycles. The third kappa shape index (κ3) is 3.38. The SMILES string of the molecule is CN1CCc2ccc(C(=O)N3CC[C@@H](O)[C@@](CO)(Cc4ccccc4)C3)nc21. The summed E-state index contributed by atoms with van der Waals surface area (Å²) in [5.74, 6) is 0.737. The zero-order chi connectivity index (χ0) is 19.7. The Bertz CT molecular complexity index is 857. The van der Waals surface area contributed by atoms with E-state index in [1.165, 1.54) is 5.56 Å². The normalized spacial score (nSPS) is 24.3. The molecule has 6 heteroatoms. The third-order valence-electron chi connectivity index (χ3n) is 6.14. The molecule has 4 rings (SSSR count). The zero-order valence-corrected chi connectivity index (χ0v) is 16.2. The van der Waals surface area contributed by atoms with Crippen LogP contribution in [0, 0.1) is 5.41 Å². The van der Waals surface area contributed by atoms with E-state index in [2.05, 4.69) is 9.88 Å². The number of anilines is 1. The van der Waals surface area contributed by atoms with Gasteiger partial charge in [-0.2, -0.15) is 0 Å². The van der Waals surface area contributed by atoms with Crippen LogP contribution in [0.5, 0.6) is 0 Å². The number of piperidine rings is 1. The monoisotopic (exact) mass is 381 g/mol. The Kier molecular flexibility index (Phi) is 5.08. The largest absolute Gasteiger partial charge is 0.396 e. The van der Waals surface area contributed by atoms with E-state index >= 15 is 0 Å². The number of amides is 1. The van der Waals surface area contributed by atoms with E-state index in [9.17, 15) is 15.0 Å². The van der Waals surface area contributed by atoms with Gasteiger partial charge in [0.05, 0.1) is 12.7 Å². The smallest absolute Gasteiger partial charge is 0.272 e. The molecule has 0 radical (unpaired) electrons. The standard InChI is InChI=1S/C22H27N3O3/c1-24-11-9-17-7-8-18(23-20(17)24)21(28)25-12-10-19(27)22(14-25,15-26)13-16-5-3-2-4-6-16/h2-8,19,26-27H,9-15H2,1H3/t19-,22+/m1/s1. The Morgan fingerprint density at radius 3 is 2.75 bits per heavy atom. The number of likely N-dealkylation sites (tertiary alicyclic amines) is 1. The summed E-state index contributed by atoms with van der Waals surface area (Å²) in [6, 6.07) is 13.6. The molecule has 2 atom stereocenters. The van der Waals surface area contributed by atoms with Gasteiger partial charge < -0.3 is 20.0 Å². The van der Waals surface area contributed by atoms with Crippen molar-refractivity contribution in [1.29, 1.82) is 0 Å². The quantitative estimate of drug-likeness (QED) is 0.839. The molecule has 28 heavy (non-hydrogen) atoms. The molecule has 0 spiro atoms. The fourth-order valence-electron chi connectivity index (χ4n) is 4.39. The summed E-state index contributed by atoms with van der Waals surface area (Å²) in [6.45, 7) is 1.52. The predicted molar refractivity (Wildman–Crippen MR) is 107 cm³/mol. The van der Waals surface area contributed by atoms with Gasteiger partial charge in [0.15, 0.2) is 0 Å². The summed E-state index contributed by atoms with van der Waals surface area (Å²) in [7, 11) is 1.99. The number of aliphatic hydroxyl groups is 2. The molecule has 2 N–H and O–H groups in total. The molecule has 2 aliphatic heterocycles. The van der Waals surface area contributed by atoms with Crippen LogP contribution in [-0.2, 0) is 12.8 Å². The van der Waals surface area contributed by atoms with Crippen molar-refractivity contribution in [2.75, 3.05) is 38.2 Å². The highest BCUT2D eigenvalue weighted by molar-refractivity contribution is 5.93. The number of rotatable bonds is 4. The molecular formula is C22H27N3O3. The van der Waals surface area contributed by atoms with E-state index < -0.39 is 11.5 Å². The van der Waals surface area contributed by atoms with Gasteiger partial charge >= 0.3 is 0 Å². The highest BCUT2D eigenvalue weighted by Crippen LogP contribution is 2.35. The fourth-order valence-corrected chi connectivity index (χ4v) is 4.39. The topological polar surface area (TPSA) is 76.9 Å². The number of carbonyl (C=O) groups is 1. The Morgan fingerprint density at radius 1 is 1.21 bits per heavy atom. The maximum atomic E-state index is 13.2. The first kappa shape index (κ1) is 18.9. The van der Waals surface area contributed by atoms with Gasteiger partial charge in [0.2, 0.25) is 0 Å². The second kappa shape index (κ2) is 7.53. The van der Waals surface area contributed by atoms with Crippen LogP contribution in [0.4, 0.5) is 5.82 Å². The number of fused-ring (bicyclic) bond motifs is 1. The molecule has 1 aromatic carbocycles. The predicted octanol–water partition coefficient (Wildman–Crippen LogP) is 1.50. The number of aliphatic hydroxyl groups excluding tert-OH is 2. The lowest BCUT2D eigenvalue weighted by atomic mass is 9.73. The summed E-state index contributed by atoms with van der Waals surface area (Å²) in [5.41, 5.74) is 1.88. The molecule has 148 valence electrons. The first-order valence-corrected chi connectivity index (χ1v) is 9.85. The molecule has 2 aromatic rings. The third-order valence-corrected chi connectivity index (χ3v) is 6.14. The van der Waals surface area contributed by atoms with E-state index in [0.717, 1.165) is 24.3 Å². The molecule has 0 bridgehead atoms. The lowest BCUT2D eigenvalue weighted by Crippen LogP contribution is -2.56. The Balaban J connectivity index is 1.57. The maximum absolute atomic E-state index is 13.2. The lowest BCUT2D eigenvalue weighted by Gasteiger charge is -2.45. The van der Waals surface area contributed by atoms with Gasteiger partial charge in [-0.25, -0.2) is 4.98 Å². The molecule has 0 unspecified atom stereocenters. The summed E-state index contributed by atoms with van der Waals surface area (Å²) >= 11 is 0. The average molecular weight is 381 g/mol. The number of likely N-dealkylation sites (N-methyl/N-ethyl adjacent to an activating group) is 1. The van der Waals surface area contributed by atoms with Gasteiger partial charge in [0, 0.05) is 32.1 Å². The number of pyridine rings is 1. The Hall–Kier alpha value is -2.44. The van der Waals surface area contributed by atoms with Crippen molar-refractivity contribution >= 4 is 11.7 Å². The molecule has 1 amide bonds. The van der Waals surface area contributed by atoms with E-state index in [0.29, 0.717) is 31.6 Å². The summed E-state index contributed by atoms with van der Waals surface area (Å²) in [6.07, 6.45) is 1.27. The molecule has 0 aliphatic carbocycles. The van der Waals surface area contributed by atoms with Gasteiger partial charge in [-0.3, -0.25) is 4.79 Å². The van der Waals surface area contributed by atoms with E-state index in [-0.39, 0.29) is 12.5 Å². The van der Waals surface area contributed by atoms with Crippen molar-refractivity contribution in [2.45, 2.75) is 25.4 Å². The van der Waals surface area contributed by atoms with E-state index in [1.807, 2.05) is 43.4 Å². The van der Waals surface area contributed by atoms with E-state index in [4.69, 9.17) is 0 Å². The van der Waals surface area contributed by atoms with Crippen LogP contribution in [-0.4, -0.2) is 65.4 Å². The van der Waals surface area contributed by atoms with Crippen LogP contribution in [0.25, 0.3) is 0 Å². The minimum atomic E-state index is -0.761. The zero-order valence-electron chi connectivity index (χ0n) is 16.2. The molecule has 1 fully saturated rings. The van der Waals surface area contributed by atoms with Gasteiger partial charge in [0.25, 0.3) is 5.91 Å². The van der Waals surface area contributed by atoms with Crippen LogP contribution in [0.2, 0.25) is 0 Å². The number of carbonyl (C=O) groups excluding carboxylic acids is 1. The fraction of sp³-hybridized carbons (Fsp3) is 0.455. The van der Waals surface area contributed by atoms with Crippen molar-refractivity contribution < 1.29 is 15.0 Å². The number of hydrogen-bond acceptors (Lipinski definition) is 5. The molecule has 2 aliphatic rings. The molecule has 0 saturated carbocycles. The molecule has 6 nitrogen and oxygen atoms in total. The van der Waals surface area contributed by atoms with Gasteiger partial charge in [-0.1, -0.05) is 36.4 Å². The molecular weight excluding hydrogens is 354 g/mol. The van der Waals surface area contributed by atoms with Crippen molar-refractivity contribution in [3.63, 3.8) is 0 Å². The van der Waals surface area contributed by atoms with Gasteiger partial charge in [0.1, 0.15) is 11.5 Å². The highest BCUT2D eigenvalue weighted by Gasteiger charge is 2.44. The van der Waals surface area contributed by atoms with Crippen LogP contribution < -0.4 is 4.90 Å². The van der Waals surface area contributed by atoms with Gasteiger partial charge in [-0.15, -0.1) is 0 Å². The summed E-state index contributed by atoms with van der Waals surface area (Å²) < 4.78 is 0. The van der Waals surface area contributed by atoms with Crippen molar-refractivity contribution in [3.8, 4) is 0 Å². The van der Waals surface area contributed by atoms with Crippen LogP contribution in [0.15, 0.2) is 42.5 Å². The Labute approximate surface area is 165 Å².